The molecule has 0 spiro atoms. The molecule has 0 amide bonds. The van der Waals surface area contributed by atoms with E-state index in [-0.39, 0.29) is 49.1 Å². The summed E-state index contributed by atoms with van der Waals surface area (Å²) in [6, 6.07) is -0.737. The van der Waals surface area contributed by atoms with Gasteiger partial charge in [0.2, 0.25) is 0 Å². The number of hydrogen-bond acceptors (Lipinski definition) is 7. The number of allylic oxidation sites excluding steroid dienone is 8. The summed E-state index contributed by atoms with van der Waals surface area (Å²) in [5, 5.41) is 11.6. The lowest BCUT2D eigenvalue weighted by Gasteiger charge is -2.34. The third-order valence-corrected chi connectivity index (χ3v) is 9.73. The first kappa shape index (κ1) is 52.3. The van der Waals surface area contributed by atoms with Gasteiger partial charge in [0.25, 0.3) is 0 Å². The predicted octanol–water partition coefficient (Wildman–Crippen LogP) is 10.7. The van der Waals surface area contributed by atoms with Gasteiger partial charge in [-0.1, -0.05) is 152 Å². The lowest BCUT2D eigenvalue weighted by Crippen LogP contribution is -2.55. The zero-order valence-electron chi connectivity index (χ0n) is 36.1. The number of carboxylic acid groups (broad SMARTS) is 1. The number of unbranched alkanes of at least 4 members (excludes halogenated alkanes) is 18. The highest BCUT2D eigenvalue weighted by molar-refractivity contribution is 5.70. The largest absolute Gasteiger partial charge is 0.544 e. The highest BCUT2D eigenvalue weighted by atomic mass is 16.6. The molecule has 0 aliphatic carbocycles. The molecular formula is C47H83NO7. The van der Waals surface area contributed by atoms with E-state index in [1.807, 2.05) is 6.08 Å². The van der Waals surface area contributed by atoms with Crippen molar-refractivity contribution < 1.29 is 38.2 Å². The Bertz CT molecular complexity index is 1040. The number of nitrogens with zero attached hydrogens (tertiary/aromatic N) is 1. The number of rotatable bonds is 39. The minimum atomic E-state index is -1.14. The average molecular weight is 774 g/mol. The summed E-state index contributed by atoms with van der Waals surface area (Å²) in [6.45, 7) is 4.56. The summed E-state index contributed by atoms with van der Waals surface area (Å²) >= 11 is 0. The van der Waals surface area contributed by atoms with E-state index in [0.29, 0.717) is 12.8 Å². The second-order valence-corrected chi connectivity index (χ2v) is 16.0. The molecule has 2 unspecified atom stereocenters. The molecule has 8 nitrogen and oxygen atoms in total. The molecule has 0 aliphatic rings. The molecule has 0 aromatic heterocycles. The van der Waals surface area contributed by atoms with Gasteiger partial charge in [-0.3, -0.25) is 9.59 Å². The molecule has 2 atom stereocenters. The number of hydrogen-bond donors (Lipinski definition) is 0. The Balaban J connectivity index is 4.42. The maximum absolute atomic E-state index is 12.7. The molecule has 0 rings (SSSR count). The predicted molar refractivity (Wildman–Crippen MR) is 226 cm³/mol. The standard InChI is InChI=1S/C47H83NO7/c1-6-8-10-12-14-16-18-20-21-22-23-24-26-27-29-31-33-35-37-45(49)54-42-43(41-53-40-39-44(47(51)52)48(3,4)5)55-46(50)38-36-34-32-30-28-25-19-17-15-13-11-9-7-2/h21-25,28,32,34,43-44H,6-20,26-27,29-31,33,35-42H2,1-5H3/b22-21+,24-23+,28-25+,34-32+. The molecule has 0 heterocycles. The van der Waals surface area contributed by atoms with Crippen LogP contribution < -0.4 is 5.11 Å². The number of ether oxygens (including phenoxy) is 3. The van der Waals surface area contributed by atoms with E-state index >= 15 is 0 Å². The van der Waals surface area contributed by atoms with Crippen LogP contribution in [0.3, 0.4) is 0 Å². The summed E-state index contributed by atoms with van der Waals surface area (Å²) in [4.78, 5) is 36.8. The number of carbonyl (C=O) groups excluding carboxylic acids is 3. The van der Waals surface area contributed by atoms with Gasteiger partial charge in [0.05, 0.1) is 40.3 Å². The van der Waals surface area contributed by atoms with Gasteiger partial charge in [-0.2, -0.15) is 0 Å². The minimum absolute atomic E-state index is 0.0125. The van der Waals surface area contributed by atoms with E-state index in [1.54, 1.807) is 21.1 Å². The second kappa shape index (κ2) is 38.2. The molecule has 318 valence electrons. The molecule has 0 radical (unpaired) electrons. The van der Waals surface area contributed by atoms with Crippen molar-refractivity contribution in [3.8, 4) is 0 Å². The molecule has 55 heavy (non-hydrogen) atoms. The zero-order valence-corrected chi connectivity index (χ0v) is 36.1. The van der Waals surface area contributed by atoms with Crippen molar-refractivity contribution in [2.75, 3.05) is 41.0 Å². The Morgan fingerprint density at radius 3 is 1.58 bits per heavy atom. The van der Waals surface area contributed by atoms with Crippen LogP contribution in [0.5, 0.6) is 0 Å². The van der Waals surface area contributed by atoms with E-state index in [1.165, 1.54) is 89.9 Å². The summed E-state index contributed by atoms with van der Waals surface area (Å²) in [7, 11) is 5.38. The average Bonchev–Trinajstić information content (AvgIpc) is 3.14. The molecule has 0 aromatic carbocycles. The highest BCUT2D eigenvalue weighted by Gasteiger charge is 2.25. The summed E-state index contributed by atoms with van der Waals surface area (Å²) in [5.41, 5.74) is 0. The molecule has 0 aromatic rings. The van der Waals surface area contributed by atoms with E-state index in [0.717, 1.165) is 51.4 Å². The maximum Gasteiger partial charge on any atom is 0.306 e. The quantitative estimate of drug-likeness (QED) is 0.0201. The SMILES string of the molecule is CCCCCCCC/C=C/C/C=C/CCC(=O)OC(COCCC(C(=O)[O-])[N+](C)(C)C)COC(=O)CCCCCCC/C=C/C=C/CCCCCCCCC. The van der Waals surface area contributed by atoms with Crippen molar-refractivity contribution in [1.82, 2.24) is 0 Å². The van der Waals surface area contributed by atoms with Crippen LogP contribution in [0.2, 0.25) is 0 Å². The number of quaternary nitrogens is 1. The first-order chi connectivity index (χ1) is 26.6. The van der Waals surface area contributed by atoms with Crippen molar-refractivity contribution in [3.63, 3.8) is 0 Å². The Labute approximate surface area is 337 Å². The molecule has 0 saturated carbocycles. The first-order valence-electron chi connectivity index (χ1n) is 22.2. The Morgan fingerprint density at radius 1 is 0.564 bits per heavy atom. The van der Waals surface area contributed by atoms with Crippen LogP contribution in [0.15, 0.2) is 48.6 Å². The lowest BCUT2D eigenvalue weighted by atomic mass is 10.1. The Hall–Kier alpha value is -2.71. The van der Waals surface area contributed by atoms with Crippen LogP contribution in [0, 0.1) is 0 Å². The van der Waals surface area contributed by atoms with E-state index in [9.17, 15) is 19.5 Å². The molecule has 0 fully saturated rings. The normalized spacial score (nSPS) is 13.4. The fourth-order valence-corrected chi connectivity index (χ4v) is 6.23. The summed E-state index contributed by atoms with van der Waals surface area (Å²) in [5.74, 6) is -1.84. The highest BCUT2D eigenvalue weighted by Crippen LogP contribution is 2.12. The van der Waals surface area contributed by atoms with Gasteiger partial charge < -0.3 is 28.6 Å². The van der Waals surface area contributed by atoms with Crippen LogP contribution in [0.1, 0.15) is 181 Å². The molecule has 0 aliphatic heterocycles. The maximum atomic E-state index is 12.7. The Kier molecular flexibility index (Phi) is 36.3. The van der Waals surface area contributed by atoms with Crippen LogP contribution in [-0.4, -0.2) is 75.5 Å². The van der Waals surface area contributed by atoms with Crippen LogP contribution in [0.25, 0.3) is 0 Å². The Morgan fingerprint density at radius 2 is 1.05 bits per heavy atom. The summed E-state index contributed by atoms with van der Waals surface area (Å²) < 4.78 is 17.1. The minimum Gasteiger partial charge on any atom is -0.544 e. The number of carboxylic acids is 1. The van der Waals surface area contributed by atoms with Crippen molar-refractivity contribution in [3.05, 3.63) is 48.6 Å². The molecule has 0 bridgehead atoms. The van der Waals surface area contributed by atoms with Crippen molar-refractivity contribution >= 4 is 17.9 Å². The van der Waals surface area contributed by atoms with Crippen molar-refractivity contribution in [1.29, 1.82) is 0 Å². The number of esters is 2. The molecule has 8 heteroatoms. The number of carbonyl (C=O) groups is 3. The van der Waals surface area contributed by atoms with Gasteiger partial charge in [0.1, 0.15) is 12.6 Å². The van der Waals surface area contributed by atoms with Gasteiger partial charge in [0.15, 0.2) is 6.10 Å². The third kappa shape index (κ3) is 36.7. The van der Waals surface area contributed by atoms with Crippen molar-refractivity contribution in [2.24, 2.45) is 0 Å². The van der Waals surface area contributed by atoms with Gasteiger partial charge >= 0.3 is 11.9 Å². The number of aliphatic carboxylic acids is 1. The van der Waals surface area contributed by atoms with E-state index in [4.69, 9.17) is 14.2 Å². The number of likely N-dealkylation sites (N-methyl/N-ethyl adjacent to an activating group) is 1. The van der Waals surface area contributed by atoms with Gasteiger partial charge in [-0.05, 0) is 57.8 Å². The zero-order chi connectivity index (χ0) is 40.7. The second-order valence-electron chi connectivity index (χ2n) is 16.0. The van der Waals surface area contributed by atoms with Gasteiger partial charge in [-0.15, -0.1) is 0 Å². The van der Waals surface area contributed by atoms with E-state index in [2.05, 4.69) is 56.4 Å². The topological polar surface area (TPSA) is 102 Å². The molecular weight excluding hydrogens is 691 g/mol. The fourth-order valence-electron chi connectivity index (χ4n) is 6.23. The van der Waals surface area contributed by atoms with Crippen molar-refractivity contribution in [2.45, 2.75) is 193 Å². The van der Waals surface area contributed by atoms with Gasteiger partial charge in [0, 0.05) is 19.3 Å². The van der Waals surface area contributed by atoms with Gasteiger partial charge in [-0.25, -0.2) is 0 Å². The van der Waals surface area contributed by atoms with Crippen LogP contribution in [0.4, 0.5) is 0 Å². The smallest absolute Gasteiger partial charge is 0.306 e. The monoisotopic (exact) mass is 774 g/mol. The van der Waals surface area contributed by atoms with Crippen LogP contribution >= 0.6 is 0 Å². The third-order valence-electron chi connectivity index (χ3n) is 9.73. The first-order valence-corrected chi connectivity index (χ1v) is 22.2. The fraction of sp³-hybridized carbons (Fsp3) is 0.766. The summed E-state index contributed by atoms with van der Waals surface area (Å²) in [6.07, 6.45) is 44.4. The molecule has 0 saturated heterocycles. The van der Waals surface area contributed by atoms with E-state index < -0.39 is 18.1 Å². The van der Waals surface area contributed by atoms with Crippen LogP contribution in [-0.2, 0) is 28.6 Å². The molecule has 0 N–H and O–H groups in total. The lowest BCUT2D eigenvalue weighted by molar-refractivity contribution is -0.889.